The third-order valence-corrected chi connectivity index (χ3v) is 2.57. The van der Waals surface area contributed by atoms with E-state index in [4.69, 9.17) is 4.84 Å². The van der Waals surface area contributed by atoms with E-state index in [0.717, 1.165) is 11.1 Å². The minimum Gasteiger partial charge on any atom is -0.391 e. The molecule has 2 aromatic rings. The highest BCUT2D eigenvalue weighted by Crippen LogP contribution is 2.10. The monoisotopic (exact) mass is 273 g/mol. The van der Waals surface area contributed by atoms with Crippen LogP contribution in [0.15, 0.2) is 59.8 Å². The Balaban J connectivity index is 0.00000180. The Morgan fingerprint density at radius 3 is 2.05 bits per heavy atom. The molecule has 0 bridgehead atoms. The number of halogens is 1. The number of hydrogen-bond donors (Lipinski definition) is 0. The van der Waals surface area contributed by atoms with Crippen molar-refractivity contribution in [3.8, 4) is 0 Å². The molecule has 0 spiro atoms. The van der Waals surface area contributed by atoms with E-state index in [9.17, 15) is 0 Å². The van der Waals surface area contributed by atoms with Gasteiger partial charge in [0.15, 0.2) is 0 Å². The maximum atomic E-state index is 4.88. The van der Waals surface area contributed by atoms with Crippen LogP contribution in [-0.4, -0.2) is 6.72 Å². The number of oxime groups is 1. The van der Waals surface area contributed by atoms with E-state index < -0.39 is 0 Å². The van der Waals surface area contributed by atoms with Crippen molar-refractivity contribution < 1.29 is 4.84 Å². The lowest BCUT2D eigenvalue weighted by atomic mass is 10.1. The smallest absolute Gasteiger partial charge is 0.142 e. The first-order chi connectivity index (χ1) is 8.88. The summed E-state index contributed by atoms with van der Waals surface area (Å²) >= 11 is 0. The topological polar surface area (TPSA) is 21.6 Å². The van der Waals surface area contributed by atoms with Crippen LogP contribution in [-0.2, 0) is 11.4 Å². The fourth-order valence-electron chi connectivity index (χ4n) is 1.60. The minimum atomic E-state index is 0. The van der Waals surface area contributed by atoms with Gasteiger partial charge in [0.1, 0.15) is 6.61 Å². The average Bonchev–Trinajstić information content (AvgIpc) is 2.45. The Labute approximate surface area is 119 Å². The Kier molecular flexibility index (Phi) is 6.41. The first-order valence-corrected chi connectivity index (χ1v) is 5.78. The fourth-order valence-corrected chi connectivity index (χ4v) is 1.60. The summed E-state index contributed by atoms with van der Waals surface area (Å²) in [7, 11) is 0. The average molecular weight is 274 g/mol. The van der Waals surface area contributed by atoms with E-state index >= 15 is 0 Å². The molecule has 0 atom stereocenters. The third kappa shape index (κ3) is 4.98. The van der Waals surface area contributed by atoms with E-state index in [1.54, 1.807) is 0 Å². The molecule has 0 aromatic heterocycles. The van der Waals surface area contributed by atoms with Gasteiger partial charge in [0.25, 0.3) is 0 Å². The first-order valence-electron chi connectivity index (χ1n) is 5.78. The maximum absolute atomic E-state index is 4.88. The molecule has 0 radical (unpaired) electrons. The van der Waals surface area contributed by atoms with Crippen LogP contribution in [0, 0.1) is 0 Å². The van der Waals surface area contributed by atoms with E-state index in [-0.39, 0.29) is 12.4 Å². The second kappa shape index (κ2) is 8.11. The zero-order valence-electron chi connectivity index (χ0n) is 10.5. The van der Waals surface area contributed by atoms with Gasteiger partial charge in [-0.15, -0.1) is 17.6 Å². The Hall–Kier alpha value is -2.06. The second-order valence-corrected chi connectivity index (χ2v) is 3.89. The van der Waals surface area contributed by atoms with Crippen LogP contribution < -0.4 is 0 Å². The van der Waals surface area contributed by atoms with Gasteiger partial charge in [-0.05, 0) is 16.7 Å². The third-order valence-electron chi connectivity index (χ3n) is 2.57. The molecule has 0 aliphatic heterocycles. The zero-order chi connectivity index (χ0) is 12.6. The summed E-state index contributed by atoms with van der Waals surface area (Å²) in [5.41, 5.74) is 3.44. The van der Waals surface area contributed by atoms with Crippen LogP contribution in [0.5, 0.6) is 0 Å². The lowest BCUT2D eigenvalue weighted by Gasteiger charge is -2.00. The van der Waals surface area contributed by atoms with E-state index in [0.29, 0.717) is 6.61 Å². The van der Waals surface area contributed by atoms with Crippen molar-refractivity contribution in [1.29, 1.82) is 0 Å². The molecule has 0 heterocycles. The van der Waals surface area contributed by atoms with E-state index in [1.165, 1.54) is 5.56 Å². The van der Waals surface area contributed by atoms with Gasteiger partial charge in [0.05, 0.1) is 0 Å². The van der Waals surface area contributed by atoms with E-state index in [1.807, 2.05) is 30.3 Å². The Morgan fingerprint density at radius 2 is 1.47 bits per heavy atom. The second-order valence-electron chi connectivity index (χ2n) is 3.89. The van der Waals surface area contributed by atoms with Crippen LogP contribution in [0.3, 0.4) is 0 Å². The van der Waals surface area contributed by atoms with Gasteiger partial charge in [0, 0.05) is 6.72 Å². The van der Waals surface area contributed by atoms with Crippen molar-refractivity contribution in [1.82, 2.24) is 0 Å². The summed E-state index contributed by atoms with van der Waals surface area (Å²) < 4.78 is 0. The van der Waals surface area contributed by atoms with E-state index in [2.05, 4.69) is 48.3 Å². The molecule has 0 amide bonds. The molecule has 3 heteroatoms. The summed E-state index contributed by atoms with van der Waals surface area (Å²) in [5.74, 6) is 0. The van der Waals surface area contributed by atoms with Crippen molar-refractivity contribution >= 4 is 31.3 Å². The maximum Gasteiger partial charge on any atom is 0.142 e. The van der Waals surface area contributed by atoms with Gasteiger partial charge in [-0.3, -0.25) is 0 Å². The number of rotatable bonds is 5. The largest absolute Gasteiger partial charge is 0.391 e. The number of benzene rings is 2. The quantitative estimate of drug-likeness (QED) is 0.449. The summed E-state index contributed by atoms with van der Waals surface area (Å²) in [6.07, 6.45) is 4.18. The molecule has 98 valence electrons. The number of nitrogens with zero attached hydrogens (tertiary/aromatic N) is 1. The molecular formula is C16H16ClNO. The Bertz CT molecular complexity index is 520. The fraction of sp³-hybridized carbons (Fsp3) is 0.0625. The minimum absolute atomic E-state index is 0. The molecule has 2 aromatic carbocycles. The summed E-state index contributed by atoms with van der Waals surface area (Å²) in [5, 5.41) is 3.37. The van der Waals surface area contributed by atoms with Crippen LogP contribution >= 0.6 is 12.4 Å². The molecule has 0 aliphatic carbocycles. The summed E-state index contributed by atoms with van der Waals surface area (Å²) in [6, 6.07) is 18.4. The molecule has 2 nitrogen and oxygen atoms in total. The zero-order valence-corrected chi connectivity index (χ0v) is 11.3. The van der Waals surface area contributed by atoms with Crippen molar-refractivity contribution in [2.45, 2.75) is 6.61 Å². The molecule has 0 unspecified atom stereocenters. The van der Waals surface area contributed by atoms with Crippen LogP contribution in [0.25, 0.3) is 12.2 Å². The molecule has 0 aliphatic rings. The van der Waals surface area contributed by atoms with Crippen molar-refractivity contribution in [2.75, 3.05) is 0 Å². The number of hydrogen-bond acceptors (Lipinski definition) is 2. The van der Waals surface area contributed by atoms with Crippen molar-refractivity contribution in [3.05, 3.63) is 71.3 Å². The summed E-state index contributed by atoms with van der Waals surface area (Å²) in [6.45, 7) is 3.74. The van der Waals surface area contributed by atoms with Crippen LogP contribution in [0.4, 0.5) is 0 Å². The van der Waals surface area contributed by atoms with Crippen molar-refractivity contribution in [2.24, 2.45) is 5.16 Å². The van der Waals surface area contributed by atoms with Crippen LogP contribution in [0.2, 0.25) is 0 Å². The normalized spacial score (nSPS) is 9.89. The predicted octanol–water partition coefficient (Wildman–Crippen LogP) is 4.41. The molecule has 0 saturated carbocycles. The van der Waals surface area contributed by atoms with Gasteiger partial charge in [-0.25, -0.2) is 0 Å². The highest BCUT2D eigenvalue weighted by Gasteiger charge is 1.92. The molecule has 0 saturated heterocycles. The van der Waals surface area contributed by atoms with Crippen molar-refractivity contribution in [3.63, 3.8) is 0 Å². The highest BCUT2D eigenvalue weighted by atomic mass is 35.5. The molecule has 19 heavy (non-hydrogen) atoms. The standard InChI is InChI=1S/C16H15NO.ClH/c1-17-18-13-16-11-9-15(10-12-16)8-7-14-5-3-2-4-6-14;/h2-12H,1,13H2;1H/b8-7+;. The lowest BCUT2D eigenvalue weighted by molar-refractivity contribution is 0.133. The molecule has 0 fully saturated rings. The SMILES string of the molecule is C=NOCc1ccc(/C=C/c2ccccc2)cc1.Cl. The van der Waals surface area contributed by atoms with Gasteiger partial charge >= 0.3 is 0 Å². The molecule has 0 N–H and O–H groups in total. The molecule has 2 rings (SSSR count). The van der Waals surface area contributed by atoms with Crippen LogP contribution in [0.1, 0.15) is 16.7 Å². The van der Waals surface area contributed by atoms with Gasteiger partial charge in [-0.1, -0.05) is 66.7 Å². The first kappa shape index (κ1) is 15.0. The summed E-state index contributed by atoms with van der Waals surface area (Å²) in [4.78, 5) is 4.88. The predicted molar refractivity (Wildman–Crippen MR) is 83.4 cm³/mol. The lowest BCUT2D eigenvalue weighted by Crippen LogP contribution is -1.85. The van der Waals surface area contributed by atoms with Gasteiger partial charge in [0.2, 0.25) is 0 Å². The van der Waals surface area contributed by atoms with Gasteiger partial charge < -0.3 is 4.84 Å². The Morgan fingerprint density at radius 1 is 0.895 bits per heavy atom. The van der Waals surface area contributed by atoms with Gasteiger partial charge in [-0.2, -0.15) is 0 Å². The molecular weight excluding hydrogens is 258 g/mol. The highest BCUT2D eigenvalue weighted by molar-refractivity contribution is 5.85.